The van der Waals surface area contributed by atoms with Crippen LogP contribution in [0.15, 0.2) is 11.6 Å². The SMILES string of the molecule is Cc1cn2c(CCC(=O)N3CCC[C@@H]3CO)csc2n1. The van der Waals surface area contributed by atoms with E-state index in [0.29, 0.717) is 6.42 Å². The highest BCUT2D eigenvalue weighted by molar-refractivity contribution is 7.15. The van der Waals surface area contributed by atoms with E-state index in [2.05, 4.69) is 14.8 Å². The number of aromatic nitrogens is 2. The maximum Gasteiger partial charge on any atom is 0.223 e. The number of likely N-dealkylation sites (tertiary alicyclic amines) is 1. The molecule has 1 amide bonds. The van der Waals surface area contributed by atoms with Crippen LogP contribution in [0.2, 0.25) is 0 Å². The highest BCUT2D eigenvalue weighted by Gasteiger charge is 2.27. The number of carbonyl (C=O) groups is 1. The van der Waals surface area contributed by atoms with Gasteiger partial charge in [0.2, 0.25) is 5.91 Å². The molecular formula is C14H19N3O2S. The third-order valence-corrected chi connectivity index (χ3v) is 4.80. The molecule has 0 spiro atoms. The normalized spacial score (nSPS) is 19.1. The number of rotatable bonds is 4. The van der Waals surface area contributed by atoms with Gasteiger partial charge in [-0.15, -0.1) is 11.3 Å². The Bertz CT molecular complexity index is 619. The van der Waals surface area contributed by atoms with Gasteiger partial charge < -0.3 is 10.0 Å². The monoisotopic (exact) mass is 293 g/mol. The number of fused-ring (bicyclic) bond motifs is 1. The maximum atomic E-state index is 12.2. The van der Waals surface area contributed by atoms with E-state index in [1.807, 2.05) is 18.0 Å². The Morgan fingerprint density at radius 3 is 3.25 bits per heavy atom. The van der Waals surface area contributed by atoms with Crippen molar-refractivity contribution in [3.05, 3.63) is 23.0 Å². The Labute approximate surface area is 121 Å². The van der Waals surface area contributed by atoms with Gasteiger partial charge in [0.15, 0.2) is 4.96 Å². The molecule has 1 saturated heterocycles. The van der Waals surface area contributed by atoms with Crippen molar-refractivity contribution in [1.29, 1.82) is 0 Å². The molecule has 0 bridgehead atoms. The van der Waals surface area contributed by atoms with Gasteiger partial charge in [-0.1, -0.05) is 0 Å². The van der Waals surface area contributed by atoms with Crippen molar-refractivity contribution in [2.24, 2.45) is 0 Å². The number of thiazole rings is 1. The first-order valence-corrected chi connectivity index (χ1v) is 7.89. The van der Waals surface area contributed by atoms with Crippen molar-refractivity contribution in [2.75, 3.05) is 13.2 Å². The Kier molecular flexibility index (Phi) is 3.76. The Balaban J connectivity index is 1.65. The lowest BCUT2D eigenvalue weighted by molar-refractivity contribution is -0.132. The molecule has 0 aliphatic carbocycles. The van der Waals surface area contributed by atoms with Crippen LogP contribution >= 0.6 is 11.3 Å². The largest absolute Gasteiger partial charge is 0.394 e. The van der Waals surface area contributed by atoms with Crippen LogP contribution in [0.25, 0.3) is 4.96 Å². The van der Waals surface area contributed by atoms with Crippen LogP contribution in [-0.2, 0) is 11.2 Å². The molecule has 1 N–H and O–H groups in total. The van der Waals surface area contributed by atoms with Gasteiger partial charge in [-0.25, -0.2) is 4.98 Å². The molecule has 108 valence electrons. The molecule has 1 atom stereocenters. The molecule has 3 rings (SSSR count). The molecule has 0 radical (unpaired) electrons. The summed E-state index contributed by atoms with van der Waals surface area (Å²) in [7, 11) is 0. The highest BCUT2D eigenvalue weighted by atomic mass is 32.1. The summed E-state index contributed by atoms with van der Waals surface area (Å²) in [4.78, 5) is 19.5. The van der Waals surface area contributed by atoms with Gasteiger partial charge in [0, 0.05) is 30.2 Å². The van der Waals surface area contributed by atoms with Crippen LogP contribution in [0.1, 0.15) is 30.7 Å². The summed E-state index contributed by atoms with van der Waals surface area (Å²) in [5.74, 6) is 0.151. The summed E-state index contributed by atoms with van der Waals surface area (Å²) >= 11 is 1.61. The molecular weight excluding hydrogens is 274 g/mol. The van der Waals surface area contributed by atoms with Crippen LogP contribution in [0.4, 0.5) is 0 Å². The summed E-state index contributed by atoms with van der Waals surface area (Å²) in [6, 6.07) is 0.0282. The molecule has 6 heteroatoms. The molecule has 1 aliphatic heterocycles. The highest BCUT2D eigenvalue weighted by Crippen LogP contribution is 2.20. The number of aliphatic hydroxyl groups is 1. The lowest BCUT2D eigenvalue weighted by atomic mass is 10.2. The van der Waals surface area contributed by atoms with Gasteiger partial charge in [-0.3, -0.25) is 9.20 Å². The van der Waals surface area contributed by atoms with Crippen molar-refractivity contribution >= 4 is 22.2 Å². The van der Waals surface area contributed by atoms with E-state index >= 15 is 0 Å². The number of aryl methyl sites for hydroxylation is 2. The smallest absolute Gasteiger partial charge is 0.223 e. The molecule has 0 saturated carbocycles. The fourth-order valence-corrected chi connectivity index (χ4v) is 3.81. The standard InChI is InChI=1S/C14H19N3O2S/c1-10-7-17-12(9-20-14(17)15-10)4-5-13(19)16-6-2-3-11(16)8-18/h7,9,11,18H,2-6,8H2,1H3/t11-/m1/s1. The predicted octanol–water partition coefficient (Wildman–Crippen LogP) is 1.62. The second-order valence-electron chi connectivity index (χ2n) is 5.33. The summed E-state index contributed by atoms with van der Waals surface area (Å²) < 4.78 is 2.07. The molecule has 2 aromatic heterocycles. The molecule has 0 unspecified atom stereocenters. The van der Waals surface area contributed by atoms with Crippen LogP contribution < -0.4 is 0 Å². The number of hydrogen-bond acceptors (Lipinski definition) is 4. The van der Waals surface area contributed by atoms with E-state index in [9.17, 15) is 9.90 Å². The number of amides is 1. The summed E-state index contributed by atoms with van der Waals surface area (Å²) in [6.07, 6.45) is 5.16. The first kappa shape index (κ1) is 13.6. The van der Waals surface area contributed by atoms with Crippen molar-refractivity contribution in [3.63, 3.8) is 0 Å². The predicted molar refractivity (Wildman–Crippen MR) is 77.9 cm³/mol. The number of imidazole rings is 1. The quantitative estimate of drug-likeness (QED) is 0.932. The minimum absolute atomic E-state index is 0.0282. The van der Waals surface area contributed by atoms with Crippen molar-refractivity contribution in [1.82, 2.24) is 14.3 Å². The zero-order chi connectivity index (χ0) is 14.1. The minimum Gasteiger partial charge on any atom is -0.394 e. The third kappa shape index (κ3) is 2.45. The van der Waals surface area contributed by atoms with E-state index in [4.69, 9.17) is 0 Å². The summed E-state index contributed by atoms with van der Waals surface area (Å²) in [5, 5.41) is 11.3. The number of nitrogens with zero attached hydrogens (tertiary/aromatic N) is 3. The van der Waals surface area contributed by atoms with Gasteiger partial charge in [0.25, 0.3) is 0 Å². The van der Waals surface area contributed by atoms with E-state index in [0.717, 1.165) is 42.2 Å². The molecule has 1 fully saturated rings. The van der Waals surface area contributed by atoms with Crippen molar-refractivity contribution in [2.45, 2.75) is 38.6 Å². The number of hydrogen-bond donors (Lipinski definition) is 1. The van der Waals surface area contributed by atoms with Crippen molar-refractivity contribution < 1.29 is 9.90 Å². The third-order valence-electron chi connectivity index (χ3n) is 3.91. The summed E-state index contributed by atoms with van der Waals surface area (Å²) in [6.45, 7) is 2.84. The van der Waals surface area contributed by atoms with Gasteiger partial charge in [0.05, 0.1) is 18.3 Å². The Morgan fingerprint density at radius 1 is 1.60 bits per heavy atom. The number of aliphatic hydroxyl groups excluding tert-OH is 1. The van der Waals surface area contributed by atoms with Gasteiger partial charge in [-0.2, -0.15) is 0 Å². The second-order valence-corrected chi connectivity index (χ2v) is 6.16. The van der Waals surface area contributed by atoms with E-state index in [1.165, 1.54) is 0 Å². The minimum atomic E-state index is 0.0282. The molecule has 0 aromatic carbocycles. The van der Waals surface area contributed by atoms with Crippen LogP contribution in [0, 0.1) is 6.92 Å². The summed E-state index contributed by atoms with van der Waals surface area (Å²) in [5.41, 5.74) is 2.14. The maximum absolute atomic E-state index is 12.2. The van der Waals surface area contributed by atoms with Crippen molar-refractivity contribution in [3.8, 4) is 0 Å². The first-order chi connectivity index (χ1) is 9.69. The second kappa shape index (κ2) is 5.54. The fourth-order valence-electron chi connectivity index (χ4n) is 2.85. The zero-order valence-corrected chi connectivity index (χ0v) is 12.4. The first-order valence-electron chi connectivity index (χ1n) is 7.01. The van der Waals surface area contributed by atoms with E-state index < -0.39 is 0 Å². The average molecular weight is 293 g/mol. The van der Waals surface area contributed by atoms with Crippen LogP contribution in [0.5, 0.6) is 0 Å². The topological polar surface area (TPSA) is 57.8 Å². The zero-order valence-electron chi connectivity index (χ0n) is 11.6. The molecule has 20 heavy (non-hydrogen) atoms. The lowest BCUT2D eigenvalue weighted by Gasteiger charge is -2.22. The van der Waals surface area contributed by atoms with Crippen LogP contribution in [0.3, 0.4) is 0 Å². The van der Waals surface area contributed by atoms with Crippen LogP contribution in [-0.4, -0.2) is 44.5 Å². The van der Waals surface area contributed by atoms with Gasteiger partial charge >= 0.3 is 0 Å². The molecule has 2 aromatic rings. The fraction of sp³-hybridized carbons (Fsp3) is 0.571. The molecule has 5 nitrogen and oxygen atoms in total. The van der Waals surface area contributed by atoms with Gasteiger partial charge in [-0.05, 0) is 26.2 Å². The van der Waals surface area contributed by atoms with Gasteiger partial charge in [0.1, 0.15) is 0 Å². The Morgan fingerprint density at radius 2 is 2.45 bits per heavy atom. The molecule has 3 heterocycles. The average Bonchev–Trinajstić information content (AvgIpc) is 3.10. The van der Waals surface area contributed by atoms with E-state index in [-0.39, 0.29) is 18.6 Å². The Hall–Kier alpha value is -1.40. The van der Waals surface area contributed by atoms with E-state index in [1.54, 1.807) is 11.3 Å². The lowest BCUT2D eigenvalue weighted by Crippen LogP contribution is -2.37. The number of carbonyl (C=O) groups excluding carboxylic acids is 1. The molecule has 1 aliphatic rings.